The highest BCUT2D eigenvalue weighted by Crippen LogP contribution is 2.31. The Morgan fingerprint density at radius 1 is 1.30 bits per heavy atom. The average Bonchev–Trinajstić information content (AvgIpc) is 3.30. The van der Waals surface area contributed by atoms with Crippen molar-refractivity contribution in [2.24, 2.45) is 13.0 Å². The van der Waals surface area contributed by atoms with E-state index in [1.54, 1.807) is 0 Å². The number of hydrogen-bond donors (Lipinski definition) is 0. The zero-order valence-corrected chi connectivity index (χ0v) is 15.8. The molecule has 0 unspecified atom stereocenters. The predicted molar refractivity (Wildman–Crippen MR) is 98.6 cm³/mol. The van der Waals surface area contributed by atoms with Gasteiger partial charge in [-0.05, 0) is 31.5 Å². The molecule has 0 bridgehead atoms. The molecule has 2 atom stereocenters. The second kappa shape index (κ2) is 7.60. The van der Waals surface area contributed by atoms with Gasteiger partial charge in [-0.1, -0.05) is 12.1 Å². The molecule has 7 nitrogen and oxygen atoms in total. The first-order valence-electron chi connectivity index (χ1n) is 9.34. The van der Waals surface area contributed by atoms with Crippen LogP contribution in [0.4, 0.5) is 0 Å². The third-order valence-electron chi connectivity index (χ3n) is 5.03. The number of nitrogens with zero attached hydrogens (tertiary/aromatic N) is 3. The summed E-state index contributed by atoms with van der Waals surface area (Å²) >= 11 is 0. The lowest BCUT2D eigenvalue weighted by molar-refractivity contribution is -0.137. The van der Waals surface area contributed by atoms with E-state index in [2.05, 4.69) is 5.10 Å². The summed E-state index contributed by atoms with van der Waals surface area (Å²) in [5.41, 5.74) is 1.94. The molecule has 2 aromatic rings. The van der Waals surface area contributed by atoms with Crippen LogP contribution in [0.2, 0.25) is 0 Å². The van der Waals surface area contributed by atoms with Crippen LogP contribution in [0.15, 0.2) is 30.3 Å². The van der Waals surface area contributed by atoms with Crippen LogP contribution >= 0.6 is 0 Å². The monoisotopic (exact) mass is 371 g/mol. The number of aryl methyl sites for hydroxylation is 2. The Morgan fingerprint density at radius 2 is 2.11 bits per heavy atom. The zero-order valence-electron chi connectivity index (χ0n) is 15.8. The molecule has 0 N–H and O–H groups in total. The van der Waals surface area contributed by atoms with Gasteiger partial charge in [-0.2, -0.15) is 5.10 Å². The Balaban J connectivity index is 1.51. The van der Waals surface area contributed by atoms with Gasteiger partial charge in [0, 0.05) is 13.7 Å². The number of hydrogen-bond acceptors (Lipinski definition) is 5. The van der Waals surface area contributed by atoms with Gasteiger partial charge in [0.2, 0.25) is 5.91 Å². The minimum atomic E-state index is -0.208. The number of fused-ring (bicyclic) bond motifs is 1. The Hall–Kier alpha value is -2.54. The van der Waals surface area contributed by atoms with Crippen molar-refractivity contribution in [1.29, 1.82) is 0 Å². The smallest absolute Gasteiger partial charge is 0.228 e. The van der Waals surface area contributed by atoms with Gasteiger partial charge in [-0.3, -0.25) is 9.48 Å². The van der Waals surface area contributed by atoms with Crippen LogP contribution in [-0.2, 0) is 23.1 Å². The number of benzene rings is 1. The van der Waals surface area contributed by atoms with Gasteiger partial charge in [0.05, 0.1) is 37.0 Å². The molecule has 1 amide bonds. The molecular weight excluding hydrogens is 346 g/mol. The lowest BCUT2D eigenvalue weighted by Crippen LogP contribution is -2.45. The van der Waals surface area contributed by atoms with Gasteiger partial charge in [0.15, 0.2) is 17.6 Å². The molecule has 1 aromatic carbocycles. The molecule has 4 rings (SSSR count). The minimum Gasteiger partial charge on any atom is -0.486 e. The minimum absolute atomic E-state index is 0.0869. The Kier molecular flexibility index (Phi) is 5.03. The first kappa shape index (κ1) is 17.9. The van der Waals surface area contributed by atoms with Crippen molar-refractivity contribution in [1.82, 2.24) is 14.7 Å². The first-order valence-corrected chi connectivity index (χ1v) is 9.34. The van der Waals surface area contributed by atoms with Gasteiger partial charge in [0.25, 0.3) is 0 Å². The summed E-state index contributed by atoms with van der Waals surface area (Å²) in [4.78, 5) is 15.0. The van der Waals surface area contributed by atoms with Crippen LogP contribution < -0.4 is 9.47 Å². The topological polar surface area (TPSA) is 65.8 Å². The fraction of sp³-hybridized carbons (Fsp3) is 0.500. The van der Waals surface area contributed by atoms with Gasteiger partial charge >= 0.3 is 0 Å². The number of ether oxygens (including phenoxy) is 3. The van der Waals surface area contributed by atoms with Crippen molar-refractivity contribution in [2.45, 2.75) is 26.0 Å². The number of rotatable bonds is 5. The maximum absolute atomic E-state index is 13.1. The highest BCUT2D eigenvalue weighted by atomic mass is 16.6. The van der Waals surface area contributed by atoms with Gasteiger partial charge in [0.1, 0.15) is 6.61 Å². The lowest BCUT2D eigenvalue weighted by atomic mass is 10.1. The molecule has 1 aromatic heterocycles. The van der Waals surface area contributed by atoms with Gasteiger partial charge in [-0.25, -0.2) is 0 Å². The van der Waals surface area contributed by atoms with Crippen LogP contribution in [0.5, 0.6) is 11.5 Å². The molecule has 3 heterocycles. The van der Waals surface area contributed by atoms with E-state index in [-0.39, 0.29) is 17.9 Å². The van der Waals surface area contributed by atoms with E-state index in [1.807, 2.05) is 53.9 Å². The van der Waals surface area contributed by atoms with E-state index in [9.17, 15) is 4.79 Å². The van der Waals surface area contributed by atoms with E-state index in [4.69, 9.17) is 14.2 Å². The number of aromatic nitrogens is 2. The molecule has 1 fully saturated rings. The van der Waals surface area contributed by atoms with E-state index < -0.39 is 0 Å². The summed E-state index contributed by atoms with van der Waals surface area (Å²) in [6, 6.07) is 9.63. The molecule has 0 saturated carbocycles. The van der Waals surface area contributed by atoms with Crippen molar-refractivity contribution in [3.63, 3.8) is 0 Å². The van der Waals surface area contributed by atoms with E-state index in [0.29, 0.717) is 32.9 Å². The van der Waals surface area contributed by atoms with E-state index in [0.717, 1.165) is 29.3 Å². The Morgan fingerprint density at radius 3 is 2.81 bits per heavy atom. The van der Waals surface area contributed by atoms with E-state index in [1.165, 1.54) is 0 Å². The fourth-order valence-corrected chi connectivity index (χ4v) is 3.63. The maximum Gasteiger partial charge on any atom is 0.228 e. The number of carbonyl (C=O) groups excluding carboxylic acids is 1. The second-order valence-electron chi connectivity index (χ2n) is 7.18. The summed E-state index contributed by atoms with van der Waals surface area (Å²) in [5, 5.41) is 4.40. The summed E-state index contributed by atoms with van der Waals surface area (Å²) in [7, 11) is 1.90. The maximum atomic E-state index is 13.1. The standard InChI is InChI=1S/C20H25N3O4/c1-14-9-16(22(2)21-14)10-23(20(24)15-7-8-25-12-15)11-17-13-26-18-5-3-4-6-19(18)27-17/h3-6,9,15,17H,7-8,10-13H2,1-2H3/t15-,17+/m1/s1. The number of amides is 1. The third kappa shape index (κ3) is 3.93. The van der Waals surface area contributed by atoms with Crippen LogP contribution in [0, 0.1) is 12.8 Å². The molecule has 0 aliphatic carbocycles. The summed E-state index contributed by atoms with van der Waals surface area (Å²) in [6.07, 6.45) is 0.561. The fourth-order valence-electron chi connectivity index (χ4n) is 3.63. The predicted octanol–water partition coefficient (Wildman–Crippen LogP) is 1.93. The number of carbonyl (C=O) groups is 1. The van der Waals surface area contributed by atoms with Crippen molar-refractivity contribution >= 4 is 5.91 Å². The highest BCUT2D eigenvalue weighted by Gasteiger charge is 2.32. The van der Waals surface area contributed by atoms with Crippen molar-refractivity contribution < 1.29 is 19.0 Å². The molecule has 0 radical (unpaired) electrons. The van der Waals surface area contributed by atoms with Crippen LogP contribution in [-0.4, -0.2) is 53.1 Å². The van der Waals surface area contributed by atoms with Crippen molar-refractivity contribution in [2.75, 3.05) is 26.4 Å². The molecule has 1 saturated heterocycles. The first-order chi connectivity index (χ1) is 13.1. The van der Waals surface area contributed by atoms with Crippen LogP contribution in [0.3, 0.4) is 0 Å². The summed E-state index contributed by atoms with van der Waals surface area (Å²) in [5.74, 6) is 1.49. The SMILES string of the molecule is Cc1cc(CN(C[C@H]2COc3ccccc3O2)C(=O)[C@@H]2CCOC2)n(C)n1. The second-order valence-corrected chi connectivity index (χ2v) is 7.18. The molecule has 7 heteroatoms. The molecule has 144 valence electrons. The van der Waals surface area contributed by atoms with Crippen molar-refractivity contribution in [3.8, 4) is 11.5 Å². The Bertz CT molecular complexity index is 813. The normalized spacial score (nSPS) is 21.3. The molecule has 27 heavy (non-hydrogen) atoms. The lowest BCUT2D eigenvalue weighted by Gasteiger charge is -2.32. The van der Waals surface area contributed by atoms with Crippen LogP contribution in [0.25, 0.3) is 0 Å². The van der Waals surface area contributed by atoms with E-state index >= 15 is 0 Å². The molecule has 2 aliphatic rings. The van der Waals surface area contributed by atoms with Crippen molar-refractivity contribution in [3.05, 3.63) is 41.7 Å². The van der Waals surface area contributed by atoms with Crippen LogP contribution in [0.1, 0.15) is 17.8 Å². The van der Waals surface area contributed by atoms with Gasteiger partial charge in [-0.15, -0.1) is 0 Å². The quantitative estimate of drug-likeness (QED) is 0.804. The highest BCUT2D eigenvalue weighted by molar-refractivity contribution is 5.79. The molecular formula is C20H25N3O4. The number of para-hydroxylation sites is 2. The Labute approximate surface area is 158 Å². The third-order valence-corrected chi connectivity index (χ3v) is 5.03. The summed E-state index contributed by atoms with van der Waals surface area (Å²) < 4.78 is 19.1. The molecule has 0 spiro atoms. The largest absolute Gasteiger partial charge is 0.486 e. The average molecular weight is 371 g/mol. The summed E-state index contributed by atoms with van der Waals surface area (Å²) in [6.45, 7) is 4.47. The zero-order chi connectivity index (χ0) is 18.8. The molecule has 2 aliphatic heterocycles. The van der Waals surface area contributed by atoms with Gasteiger partial charge < -0.3 is 19.1 Å².